The first kappa shape index (κ1) is 12.3. The zero-order valence-corrected chi connectivity index (χ0v) is 11.5. The third kappa shape index (κ3) is 2.56. The lowest BCUT2D eigenvalue weighted by molar-refractivity contribution is 0.407. The third-order valence-electron chi connectivity index (χ3n) is 2.40. The highest BCUT2D eigenvalue weighted by Gasteiger charge is 2.09. The molecule has 6 heteroatoms. The maximum absolute atomic E-state index is 5.85. The Kier molecular flexibility index (Phi) is 3.59. The van der Waals surface area contributed by atoms with Gasteiger partial charge in [-0.2, -0.15) is 5.10 Å². The van der Waals surface area contributed by atoms with E-state index in [-0.39, 0.29) is 0 Å². The molecule has 0 aliphatic rings. The molecule has 0 fully saturated rings. The minimum Gasteiger partial charge on any atom is -0.496 e. The molecule has 0 spiro atoms. The largest absolute Gasteiger partial charge is 0.496 e. The molecule has 0 bridgehead atoms. The molecule has 90 valence electrons. The van der Waals surface area contributed by atoms with Crippen LogP contribution in [0.3, 0.4) is 0 Å². The Hall–Kier alpha value is -1.20. The molecule has 0 aliphatic carbocycles. The van der Waals surface area contributed by atoms with Crippen molar-refractivity contribution in [3.05, 3.63) is 39.5 Å². The summed E-state index contributed by atoms with van der Waals surface area (Å²) < 4.78 is 7.89. The number of benzene rings is 1. The average molecular weight is 317 g/mol. The van der Waals surface area contributed by atoms with Crippen molar-refractivity contribution in [2.24, 2.45) is 0 Å². The zero-order chi connectivity index (χ0) is 12.4. The van der Waals surface area contributed by atoms with Crippen LogP contribution in [0.5, 0.6) is 5.75 Å². The molecule has 2 aromatic rings. The summed E-state index contributed by atoms with van der Waals surface area (Å²) in [5.41, 5.74) is 6.78. The fourth-order valence-corrected chi connectivity index (χ4v) is 2.08. The van der Waals surface area contributed by atoms with Crippen molar-refractivity contribution in [2.45, 2.75) is 6.54 Å². The normalized spacial score (nSPS) is 10.5. The lowest BCUT2D eigenvalue weighted by atomic mass is 10.2. The van der Waals surface area contributed by atoms with E-state index in [1.54, 1.807) is 11.8 Å². The van der Waals surface area contributed by atoms with Crippen LogP contribution in [0.1, 0.15) is 5.56 Å². The Morgan fingerprint density at radius 2 is 2.29 bits per heavy atom. The predicted octanol–water partition coefficient (Wildman–Crippen LogP) is 2.94. The first-order chi connectivity index (χ1) is 8.11. The van der Waals surface area contributed by atoms with E-state index < -0.39 is 0 Å². The Balaban J connectivity index is 2.35. The Morgan fingerprint density at radius 3 is 2.88 bits per heavy atom. The standard InChI is InChI=1S/C11H11BrClN3O/c1-17-10-3-2-8(12)4-7(10)6-16-11(14)9(13)5-15-16/h2-5H,6,14H2,1H3. The van der Waals surface area contributed by atoms with E-state index in [9.17, 15) is 0 Å². The summed E-state index contributed by atoms with van der Waals surface area (Å²) in [4.78, 5) is 0. The van der Waals surface area contributed by atoms with Crippen LogP contribution in [0, 0.1) is 0 Å². The molecule has 0 unspecified atom stereocenters. The molecule has 1 aromatic carbocycles. The maximum Gasteiger partial charge on any atom is 0.140 e. The molecular weight excluding hydrogens is 305 g/mol. The number of methoxy groups -OCH3 is 1. The molecule has 2 N–H and O–H groups in total. The number of hydrogen-bond acceptors (Lipinski definition) is 3. The number of rotatable bonds is 3. The molecule has 1 heterocycles. The van der Waals surface area contributed by atoms with Crippen LogP contribution in [-0.2, 0) is 6.54 Å². The zero-order valence-electron chi connectivity index (χ0n) is 9.15. The van der Waals surface area contributed by atoms with E-state index in [0.29, 0.717) is 17.4 Å². The first-order valence-corrected chi connectivity index (χ1v) is 6.08. The van der Waals surface area contributed by atoms with Crippen LogP contribution in [0.25, 0.3) is 0 Å². The van der Waals surface area contributed by atoms with Crippen LogP contribution in [-0.4, -0.2) is 16.9 Å². The quantitative estimate of drug-likeness (QED) is 0.947. The highest BCUT2D eigenvalue weighted by Crippen LogP contribution is 2.25. The van der Waals surface area contributed by atoms with Crippen molar-refractivity contribution < 1.29 is 4.74 Å². The van der Waals surface area contributed by atoms with Gasteiger partial charge < -0.3 is 10.5 Å². The average Bonchev–Trinajstić information content (AvgIpc) is 2.61. The topological polar surface area (TPSA) is 53.1 Å². The lowest BCUT2D eigenvalue weighted by Crippen LogP contribution is -2.07. The van der Waals surface area contributed by atoms with Gasteiger partial charge in [0.15, 0.2) is 0 Å². The van der Waals surface area contributed by atoms with Crippen molar-refractivity contribution in [3.63, 3.8) is 0 Å². The number of aromatic nitrogens is 2. The number of nitrogens with zero attached hydrogens (tertiary/aromatic N) is 2. The molecule has 0 saturated heterocycles. The van der Waals surface area contributed by atoms with Crippen LogP contribution in [0.2, 0.25) is 5.02 Å². The van der Waals surface area contributed by atoms with Crippen molar-refractivity contribution in [1.82, 2.24) is 9.78 Å². The third-order valence-corrected chi connectivity index (χ3v) is 3.18. The van der Waals surface area contributed by atoms with Gasteiger partial charge in [-0.3, -0.25) is 0 Å². The summed E-state index contributed by atoms with van der Waals surface area (Å²) in [6.45, 7) is 0.515. The van der Waals surface area contributed by atoms with Gasteiger partial charge in [0, 0.05) is 10.0 Å². The van der Waals surface area contributed by atoms with E-state index in [1.807, 2.05) is 18.2 Å². The molecule has 1 aromatic heterocycles. The van der Waals surface area contributed by atoms with Gasteiger partial charge in [-0.25, -0.2) is 4.68 Å². The van der Waals surface area contributed by atoms with Gasteiger partial charge in [-0.1, -0.05) is 27.5 Å². The second kappa shape index (κ2) is 4.98. The number of anilines is 1. The molecule has 2 rings (SSSR count). The van der Waals surface area contributed by atoms with Gasteiger partial charge in [0.1, 0.15) is 16.6 Å². The van der Waals surface area contributed by atoms with Crippen LogP contribution < -0.4 is 10.5 Å². The van der Waals surface area contributed by atoms with E-state index >= 15 is 0 Å². The number of hydrogen-bond donors (Lipinski definition) is 1. The SMILES string of the molecule is COc1ccc(Br)cc1Cn1ncc(Cl)c1N. The minimum atomic E-state index is 0.452. The van der Waals surface area contributed by atoms with Crippen LogP contribution in [0.4, 0.5) is 5.82 Å². The Bertz CT molecular complexity index is 542. The molecule has 0 amide bonds. The summed E-state index contributed by atoms with van der Waals surface area (Å²) in [5, 5.41) is 4.56. The van der Waals surface area contributed by atoms with Gasteiger partial charge in [0.25, 0.3) is 0 Å². The smallest absolute Gasteiger partial charge is 0.140 e. The number of nitrogens with two attached hydrogens (primary N) is 1. The Morgan fingerprint density at radius 1 is 1.53 bits per heavy atom. The van der Waals surface area contributed by atoms with Crippen LogP contribution in [0.15, 0.2) is 28.9 Å². The Labute approximate surface area is 112 Å². The van der Waals surface area contributed by atoms with E-state index in [4.69, 9.17) is 22.1 Å². The molecular formula is C11H11BrClN3O. The van der Waals surface area contributed by atoms with Crippen molar-refractivity contribution in [3.8, 4) is 5.75 Å². The summed E-state index contributed by atoms with van der Waals surface area (Å²) >= 11 is 9.27. The number of ether oxygens (including phenoxy) is 1. The van der Waals surface area contributed by atoms with Crippen LogP contribution >= 0.6 is 27.5 Å². The van der Waals surface area contributed by atoms with E-state index in [2.05, 4.69) is 21.0 Å². The fraction of sp³-hybridized carbons (Fsp3) is 0.182. The summed E-state index contributed by atoms with van der Waals surface area (Å²) in [6, 6.07) is 5.77. The molecule has 4 nitrogen and oxygen atoms in total. The molecule has 0 saturated carbocycles. The summed E-state index contributed by atoms with van der Waals surface area (Å²) in [7, 11) is 1.63. The van der Waals surface area contributed by atoms with Gasteiger partial charge >= 0.3 is 0 Å². The molecule has 0 radical (unpaired) electrons. The van der Waals surface area contributed by atoms with Gasteiger partial charge in [-0.05, 0) is 18.2 Å². The predicted molar refractivity (Wildman–Crippen MR) is 71.4 cm³/mol. The summed E-state index contributed by atoms with van der Waals surface area (Å²) in [6.07, 6.45) is 1.53. The highest BCUT2D eigenvalue weighted by molar-refractivity contribution is 9.10. The second-order valence-electron chi connectivity index (χ2n) is 3.49. The highest BCUT2D eigenvalue weighted by atomic mass is 79.9. The molecule has 0 aliphatic heterocycles. The number of halogens is 2. The van der Waals surface area contributed by atoms with E-state index in [0.717, 1.165) is 15.8 Å². The van der Waals surface area contributed by atoms with Gasteiger partial charge in [-0.15, -0.1) is 0 Å². The molecule has 17 heavy (non-hydrogen) atoms. The molecule has 0 atom stereocenters. The second-order valence-corrected chi connectivity index (χ2v) is 4.81. The number of nitrogen functional groups attached to an aromatic ring is 1. The monoisotopic (exact) mass is 315 g/mol. The van der Waals surface area contributed by atoms with Crippen molar-refractivity contribution in [1.29, 1.82) is 0 Å². The van der Waals surface area contributed by atoms with Crippen molar-refractivity contribution >= 4 is 33.3 Å². The minimum absolute atomic E-state index is 0.452. The van der Waals surface area contributed by atoms with Crippen molar-refractivity contribution in [2.75, 3.05) is 12.8 Å². The lowest BCUT2D eigenvalue weighted by Gasteiger charge is -2.10. The fourth-order valence-electron chi connectivity index (χ4n) is 1.53. The van der Waals surface area contributed by atoms with E-state index in [1.165, 1.54) is 6.20 Å². The van der Waals surface area contributed by atoms with Gasteiger partial charge in [0.2, 0.25) is 0 Å². The first-order valence-electron chi connectivity index (χ1n) is 4.91. The maximum atomic E-state index is 5.85. The summed E-state index contributed by atoms with van der Waals surface area (Å²) in [5.74, 6) is 1.24. The van der Waals surface area contributed by atoms with Gasteiger partial charge in [0.05, 0.1) is 19.9 Å².